The molecule has 1 fully saturated rings. The van der Waals surface area contributed by atoms with E-state index in [1.54, 1.807) is 13.0 Å². The molecule has 1 aromatic heterocycles. The summed E-state index contributed by atoms with van der Waals surface area (Å²) in [4.78, 5) is 49.3. The molecular weight excluding hydrogens is 510 g/mol. The quantitative estimate of drug-likeness (QED) is 0.348. The van der Waals surface area contributed by atoms with Gasteiger partial charge < -0.3 is 31.4 Å². The lowest BCUT2D eigenvalue weighted by molar-refractivity contribution is -0.154. The third kappa shape index (κ3) is 6.55. The minimum absolute atomic E-state index is 0.0609. The number of anilines is 1. The minimum atomic E-state index is -0.736. The molecule has 0 saturated heterocycles. The van der Waals surface area contributed by atoms with E-state index in [0.717, 1.165) is 41.8 Å². The zero-order chi connectivity index (χ0) is 29.2. The Morgan fingerprint density at radius 2 is 1.85 bits per heavy atom. The summed E-state index contributed by atoms with van der Waals surface area (Å²) >= 11 is 0. The van der Waals surface area contributed by atoms with Gasteiger partial charge in [-0.15, -0.1) is 0 Å². The fourth-order valence-electron chi connectivity index (χ4n) is 5.84. The molecule has 2 aromatic rings. The molecule has 216 valence electrons. The highest BCUT2D eigenvalue weighted by molar-refractivity contribution is 6.01. The van der Waals surface area contributed by atoms with Crippen LogP contribution >= 0.6 is 0 Å². The van der Waals surface area contributed by atoms with Gasteiger partial charge in [-0.3, -0.25) is 14.4 Å². The van der Waals surface area contributed by atoms with E-state index >= 15 is 0 Å². The van der Waals surface area contributed by atoms with Crippen molar-refractivity contribution in [1.29, 1.82) is 0 Å². The molecule has 2 aliphatic carbocycles. The Hall–Kier alpha value is -3.66. The molecule has 1 aromatic carbocycles. The van der Waals surface area contributed by atoms with E-state index in [0.29, 0.717) is 30.5 Å². The van der Waals surface area contributed by atoms with Crippen molar-refractivity contribution in [3.8, 4) is 5.69 Å². The van der Waals surface area contributed by atoms with Crippen LogP contribution < -0.4 is 22.1 Å². The van der Waals surface area contributed by atoms with Crippen molar-refractivity contribution in [2.75, 3.05) is 11.9 Å². The number of amides is 2. The molecule has 0 spiro atoms. The van der Waals surface area contributed by atoms with E-state index in [1.165, 1.54) is 0 Å². The number of ether oxygens (including phenoxy) is 1. The second kappa shape index (κ2) is 11.8. The van der Waals surface area contributed by atoms with Gasteiger partial charge in [-0.25, -0.2) is 4.79 Å². The number of aromatic nitrogens is 1. The first kappa shape index (κ1) is 29.3. The number of nitrogens with zero attached hydrogens (tertiary/aromatic N) is 1. The van der Waals surface area contributed by atoms with Crippen LogP contribution in [-0.4, -0.2) is 52.9 Å². The number of nitrogens with one attached hydrogen (secondary N) is 2. The number of nitrogens with two attached hydrogens (primary N) is 2. The van der Waals surface area contributed by atoms with Gasteiger partial charge in [0.15, 0.2) is 5.78 Å². The molecule has 10 heteroatoms. The highest BCUT2D eigenvalue weighted by Gasteiger charge is 2.35. The molecule has 0 bridgehead atoms. The van der Waals surface area contributed by atoms with Gasteiger partial charge in [0, 0.05) is 54.3 Å². The maximum atomic E-state index is 12.9. The van der Waals surface area contributed by atoms with Crippen LogP contribution in [-0.2, 0) is 20.7 Å². The number of fused-ring (bicyclic) bond motifs is 1. The van der Waals surface area contributed by atoms with E-state index in [-0.39, 0.29) is 42.2 Å². The Morgan fingerprint density at radius 1 is 1.15 bits per heavy atom. The van der Waals surface area contributed by atoms with Crippen LogP contribution in [0.25, 0.3) is 5.69 Å². The lowest BCUT2D eigenvalue weighted by atomic mass is 9.75. The summed E-state index contributed by atoms with van der Waals surface area (Å²) < 4.78 is 7.69. The van der Waals surface area contributed by atoms with Gasteiger partial charge in [0.2, 0.25) is 5.91 Å². The molecular formula is C30H41N5O5. The Kier molecular flexibility index (Phi) is 8.68. The van der Waals surface area contributed by atoms with Crippen molar-refractivity contribution in [2.24, 2.45) is 16.9 Å². The van der Waals surface area contributed by atoms with Crippen LogP contribution in [0.15, 0.2) is 24.4 Å². The first-order chi connectivity index (χ1) is 18.9. The number of ketones is 1. The molecule has 1 saturated carbocycles. The van der Waals surface area contributed by atoms with E-state index in [2.05, 4.69) is 29.0 Å². The Balaban J connectivity index is 1.46. The van der Waals surface area contributed by atoms with Crippen LogP contribution in [0.3, 0.4) is 0 Å². The average molecular weight is 552 g/mol. The first-order valence-electron chi connectivity index (χ1n) is 14.0. The highest BCUT2D eigenvalue weighted by Crippen LogP contribution is 2.38. The summed E-state index contributed by atoms with van der Waals surface area (Å²) in [5.41, 5.74) is 15.6. The largest absolute Gasteiger partial charge is 0.461 e. The molecule has 40 heavy (non-hydrogen) atoms. The monoisotopic (exact) mass is 551 g/mol. The van der Waals surface area contributed by atoms with Gasteiger partial charge in [-0.05, 0) is 75.1 Å². The van der Waals surface area contributed by atoms with Crippen LogP contribution in [0.1, 0.15) is 91.3 Å². The predicted octanol–water partition coefficient (Wildman–Crippen LogP) is 3.16. The number of aryl methyl sites for hydroxylation is 1. The lowest BCUT2D eigenvalue weighted by Gasteiger charge is -2.31. The molecule has 6 N–H and O–H groups in total. The van der Waals surface area contributed by atoms with Crippen LogP contribution in [0, 0.1) is 12.3 Å². The van der Waals surface area contributed by atoms with Crippen LogP contribution in [0.4, 0.5) is 5.69 Å². The molecule has 0 aliphatic heterocycles. The standard InChI is InChI=1S/C30H41N5O5/c1-17-16-35(24-14-30(3,4)15-25(36)27(17)24)20-7-10-22(28(32)38)23(13-20)34-19-5-8-21(9-6-19)40-29(39)18(2)33-26(37)11-12-31/h7,10,13,16,18-19,21,34H,5-6,8-9,11-12,14-15,31H2,1-4H3,(H2,32,38)(H,33,37)/t18-,19-,21-/m0/s1. The van der Waals surface area contributed by atoms with Gasteiger partial charge in [-0.2, -0.15) is 0 Å². The number of Topliss-reactive ketones (excluding diaryl/α,β-unsaturated/α-hetero) is 1. The number of esters is 1. The van der Waals surface area contributed by atoms with Crippen molar-refractivity contribution < 1.29 is 23.9 Å². The lowest BCUT2D eigenvalue weighted by Crippen LogP contribution is -2.42. The fourth-order valence-corrected chi connectivity index (χ4v) is 5.84. The summed E-state index contributed by atoms with van der Waals surface area (Å²) in [7, 11) is 0. The average Bonchev–Trinajstić information content (AvgIpc) is 3.20. The van der Waals surface area contributed by atoms with Gasteiger partial charge in [0.1, 0.15) is 12.1 Å². The molecule has 1 heterocycles. The van der Waals surface area contributed by atoms with Crippen molar-refractivity contribution in [3.63, 3.8) is 0 Å². The highest BCUT2D eigenvalue weighted by atomic mass is 16.5. The third-order valence-electron chi connectivity index (χ3n) is 7.83. The summed E-state index contributed by atoms with van der Waals surface area (Å²) in [5.74, 6) is -1.10. The zero-order valence-electron chi connectivity index (χ0n) is 23.8. The second-order valence-electron chi connectivity index (χ2n) is 11.9. The molecule has 0 unspecified atom stereocenters. The summed E-state index contributed by atoms with van der Waals surface area (Å²) in [6.07, 6.45) is 5.98. The van der Waals surface area contributed by atoms with Crippen molar-refractivity contribution >= 4 is 29.3 Å². The number of primary amides is 1. The maximum absolute atomic E-state index is 12.9. The summed E-state index contributed by atoms with van der Waals surface area (Å²) in [6, 6.07) is 4.83. The number of hydrogen-bond acceptors (Lipinski definition) is 7. The fraction of sp³-hybridized carbons (Fsp3) is 0.533. The number of carbonyl (C=O) groups is 4. The molecule has 2 aliphatic rings. The molecule has 1 atom stereocenters. The van der Waals surface area contributed by atoms with Gasteiger partial charge in [-0.1, -0.05) is 13.8 Å². The summed E-state index contributed by atoms with van der Waals surface area (Å²) in [5, 5.41) is 6.10. The van der Waals surface area contributed by atoms with Crippen molar-refractivity contribution in [1.82, 2.24) is 9.88 Å². The van der Waals surface area contributed by atoms with Gasteiger partial charge in [0.05, 0.1) is 5.56 Å². The number of hydrogen-bond donors (Lipinski definition) is 4. The SMILES string of the molecule is Cc1cn(-c2ccc(C(N)=O)c(N[C@H]3CC[C@H](OC(=O)[C@H](C)NC(=O)CCN)CC3)c2)c2c1C(=O)CC(C)(C)C2. The van der Waals surface area contributed by atoms with Gasteiger partial charge >= 0.3 is 5.97 Å². The van der Waals surface area contributed by atoms with Crippen molar-refractivity contribution in [3.05, 3.63) is 46.8 Å². The van der Waals surface area contributed by atoms with Crippen LogP contribution in [0.5, 0.6) is 0 Å². The predicted molar refractivity (Wildman–Crippen MR) is 152 cm³/mol. The molecule has 2 amide bonds. The maximum Gasteiger partial charge on any atom is 0.328 e. The van der Waals surface area contributed by atoms with Gasteiger partial charge in [0.25, 0.3) is 5.91 Å². The Bertz CT molecular complexity index is 1310. The Labute approximate surface area is 235 Å². The molecule has 10 nitrogen and oxygen atoms in total. The molecule has 0 radical (unpaired) electrons. The number of benzene rings is 1. The zero-order valence-corrected chi connectivity index (χ0v) is 23.8. The minimum Gasteiger partial charge on any atom is -0.461 e. The van der Waals surface area contributed by atoms with Crippen LogP contribution in [0.2, 0.25) is 0 Å². The first-order valence-corrected chi connectivity index (χ1v) is 14.0. The normalized spacial score (nSPS) is 20.8. The van der Waals surface area contributed by atoms with E-state index in [4.69, 9.17) is 16.2 Å². The van der Waals surface area contributed by atoms with E-state index < -0.39 is 17.9 Å². The van der Waals surface area contributed by atoms with E-state index in [1.807, 2.05) is 25.3 Å². The summed E-state index contributed by atoms with van der Waals surface area (Å²) in [6.45, 7) is 7.99. The Morgan fingerprint density at radius 3 is 2.50 bits per heavy atom. The third-order valence-corrected chi connectivity index (χ3v) is 7.83. The van der Waals surface area contributed by atoms with Crippen molar-refractivity contribution in [2.45, 2.75) is 90.8 Å². The number of carbonyl (C=O) groups excluding carboxylic acids is 4. The number of rotatable bonds is 9. The van der Waals surface area contributed by atoms with E-state index in [9.17, 15) is 19.2 Å². The smallest absolute Gasteiger partial charge is 0.328 e. The topological polar surface area (TPSA) is 159 Å². The molecule has 4 rings (SSSR count). The second-order valence-corrected chi connectivity index (χ2v) is 11.9.